The Kier molecular flexibility index (Phi) is 4.18. The Morgan fingerprint density at radius 3 is 3.05 bits per heavy atom. The average molecular weight is 368 g/mol. The Hall–Kier alpha value is -0.880. The van der Waals surface area contributed by atoms with Crippen LogP contribution < -0.4 is 0 Å². The van der Waals surface area contributed by atoms with Crippen molar-refractivity contribution in [3.05, 3.63) is 40.2 Å². The molecule has 0 amide bonds. The van der Waals surface area contributed by atoms with Crippen molar-refractivity contribution >= 4 is 22.6 Å². The van der Waals surface area contributed by atoms with Crippen LogP contribution in [0.4, 0.5) is 0 Å². The second-order valence-corrected chi connectivity index (χ2v) is 6.06. The summed E-state index contributed by atoms with van der Waals surface area (Å²) in [5.41, 5.74) is 2.45. The molecule has 19 heavy (non-hydrogen) atoms. The zero-order chi connectivity index (χ0) is 13.1. The molecule has 1 unspecified atom stereocenters. The van der Waals surface area contributed by atoms with Gasteiger partial charge in [0.25, 0.3) is 0 Å². The van der Waals surface area contributed by atoms with Crippen molar-refractivity contribution in [1.29, 1.82) is 0 Å². The molecule has 1 atom stereocenters. The van der Waals surface area contributed by atoms with Crippen molar-refractivity contribution in [2.75, 3.05) is 6.61 Å². The SMILES string of the molecule is Ic1ccccc1-c1cnn(CCC2CCCO2)c1. The van der Waals surface area contributed by atoms with Crippen molar-refractivity contribution in [2.45, 2.75) is 31.9 Å². The summed E-state index contributed by atoms with van der Waals surface area (Å²) in [5.74, 6) is 0. The molecule has 1 aliphatic rings. The summed E-state index contributed by atoms with van der Waals surface area (Å²) < 4.78 is 8.93. The molecule has 3 rings (SSSR count). The van der Waals surface area contributed by atoms with Gasteiger partial charge in [0.05, 0.1) is 12.3 Å². The van der Waals surface area contributed by atoms with Crippen LogP contribution >= 0.6 is 22.6 Å². The molecule has 1 aromatic heterocycles. The minimum absolute atomic E-state index is 0.435. The summed E-state index contributed by atoms with van der Waals surface area (Å²) in [5, 5.41) is 4.45. The summed E-state index contributed by atoms with van der Waals surface area (Å²) in [6.07, 6.45) is 7.98. The second-order valence-electron chi connectivity index (χ2n) is 4.90. The lowest BCUT2D eigenvalue weighted by Crippen LogP contribution is -2.10. The number of hydrogen-bond donors (Lipinski definition) is 0. The van der Waals surface area contributed by atoms with E-state index in [0.717, 1.165) is 19.6 Å². The first-order chi connectivity index (χ1) is 9.33. The van der Waals surface area contributed by atoms with Crippen LogP contribution in [0.2, 0.25) is 0 Å². The molecule has 0 aliphatic carbocycles. The summed E-state index contributed by atoms with van der Waals surface area (Å²) >= 11 is 2.37. The van der Waals surface area contributed by atoms with Gasteiger partial charge in [0.1, 0.15) is 0 Å². The molecular formula is C15H17IN2O. The summed E-state index contributed by atoms with van der Waals surface area (Å²) in [4.78, 5) is 0. The van der Waals surface area contributed by atoms with Gasteiger partial charge < -0.3 is 4.74 Å². The third-order valence-electron chi connectivity index (χ3n) is 3.52. The molecule has 0 saturated carbocycles. The minimum Gasteiger partial charge on any atom is -0.378 e. The molecule has 4 heteroatoms. The topological polar surface area (TPSA) is 27.1 Å². The first kappa shape index (κ1) is 13.1. The van der Waals surface area contributed by atoms with E-state index in [1.54, 1.807) is 0 Å². The maximum Gasteiger partial charge on any atom is 0.0593 e. The van der Waals surface area contributed by atoms with Gasteiger partial charge in [0, 0.05) is 28.5 Å². The maximum absolute atomic E-state index is 5.64. The lowest BCUT2D eigenvalue weighted by Gasteiger charge is -2.08. The highest BCUT2D eigenvalue weighted by molar-refractivity contribution is 14.1. The average Bonchev–Trinajstić information content (AvgIpc) is 3.08. The number of ether oxygens (including phenoxy) is 1. The number of hydrogen-bond acceptors (Lipinski definition) is 2. The molecule has 2 aromatic rings. The van der Waals surface area contributed by atoms with Gasteiger partial charge in [-0.2, -0.15) is 5.10 Å². The fourth-order valence-electron chi connectivity index (χ4n) is 2.47. The van der Waals surface area contributed by atoms with Crippen LogP contribution in [0.15, 0.2) is 36.7 Å². The van der Waals surface area contributed by atoms with Crippen LogP contribution in [0.3, 0.4) is 0 Å². The molecule has 100 valence electrons. The van der Waals surface area contributed by atoms with Crippen LogP contribution in [0.25, 0.3) is 11.1 Å². The van der Waals surface area contributed by atoms with E-state index in [1.165, 1.54) is 27.5 Å². The van der Waals surface area contributed by atoms with Crippen molar-refractivity contribution in [2.24, 2.45) is 0 Å². The lowest BCUT2D eigenvalue weighted by molar-refractivity contribution is 0.0994. The summed E-state index contributed by atoms with van der Waals surface area (Å²) in [6.45, 7) is 1.87. The summed E-state index contributed by atoms with van der Waals surface area (Å²) in [7, 11) is 0. The third kappa shape index (κ3) is 3.17. The molecule has 0 N–H and O–H groups in total. The Morgan fingerprint density at radius 2 is 2.26 bits per heavy atom. The molecule has 1 fully saturated rings. The molecule has 2 heterocycles. The summed E-state index contributed by atoms with van der Waals surface area (Å²) in [6, 6.07) is 8.40. The molecule has 1 aromatic carbocycles. The minimum atomic E-state index is 0.435. The van der Waals surface area contributed by atoms with Crippen LogP contribution in [0.5, 0.6) is 0 Å². The monoisotopic (exact) mass is 368 g/mol. The highest BCUT2D eigenvalue weighted by Gasteiger charge is 2.15. The van der Waals surface area contributed by atoms with Gasteiger partial charge in [0.15, 0.2) is 0 Å². The number of aryl methyl sites for hydroxylation is 1. The largest absolute Gasteiger partial charge is 0.378 e. The Bertz CT molecular complexity index is 547. The van der Waals surface area contributed by atoms with E-state index in [9.17, 15) is 0 Å². The maximum atomic E-state index is 5.64. The van der Waals surface area contributed by atoms with Gasteiger partial charge in [-0.15, -0.1) is 0 Å². The van der Waals surface area contributed by atoms with Crippen LogP contribution in [0.1, 0.15) is 19.3 Å². The van der Waals surface area contributed by atoms with E-state index in [-0.39, 0.29) is 0 Å². The van der Waals surface area contributed by atoms with Gasteiger partial charge in [0.2, 0.25) is 0 Å². The van der Waals surface area contributed by atoms with E-state index < -0.39 is 0 Å². The predicted molar refractivity (Wildman–Crippen MR) is 84.0 cm³/mol. The number of aromatic nitrogens is 2. The van der Waals surface area contributed by atoms with E-state index in [1.807, 2.05) is 10.9 Å². The Balaban J connectivity index is 1.67. The highest BCUT2D eigenvalue weighted by Crippen LogP contribution is 2.24. The highest BCUT2D eigenvalue weighted by atomic mass is 127. The molecular weight excluding hydrogens is 351 g/mol. The van der Waals surface area contributed by atoms with Gasteiger partial charge in [-0.25, -0.2) is 0 Å². The van der Waals surface area contributed by atoms with Gasteiger partial charge in [-0.05, 0) is 53.5 Å². The van der Waals surface area contributed by atoms with Crippen molar-refractivity contribution in [1.82, 2.24) is 9.78 Å². The Morgan fingerprint density at radius 1 is 1.37 bits per heavy atom. The normalized spacial score (nSPS) is 18.9. The van der Waals surface area contributed by atoms with Gasteiger partial charge in [-0.1, -0.05) is 18.2 Å². The number of halogens is 1. The number of rotatable bonds is 4. The lowest BCUT2D eigenvalue weighted by atomic mass is 10.1. The van der Waals surface area contributed by atoms with E-state index >= 15 is 0 Å². The van der Waals surface area contributed by atoms with E-state index in [4.69, 9.17) is 4.74 Å². The zero-order valence-electron chi connectivity index (χ0n) is 10.8. The smallest absolute Gasteiger partial charge is 0.0593 e. The van der Waals surface area contributed by atoms with Crippen LogP contribution in [-0.4, -0.2) is 22.5 Å². The quantitative estimate of drug-likeness (QED) is 0.770. The fraction of sp³-hybridized carbons (Fsp3) is 0.400. The number of nitrogens with zero attached hydrogens (tertiary/aromatic N) is 2. The fourth-order valence-corrected chi connectivity index (χ4v) is 3.17. The zero-order valence-corrected chi connectivity index (χ0v) is 12.9. The molecule has 1 saturated heterocycles. The molecule has 3 nitrogen and oxygen atoms in total. The van der Waals surface area contributed by atoms with Gasteiger partial charge >= 0.3 is 0 Å². The second kappa shape index (κ2) is 6.05. The standard InChI is InChI=1S/C15H17IN2O/c16-15-6-2-1-5-14(15)12-10-17-18(11-12)8-7-13-4-3-9-19-13/h1-2,5-6,10-11,13H,3-4,7-9H2. The molecule has 1 aliphatic heterocycles. The van der Waals surface area contributed by atoms with E-state index in [2.05, 4.69) is 58.2 Å². The predicted octanol–water partition coefficient (Wildman–Crippen LogP) is 3.72. The first-order valence-corrected chi connectivity index (χ1v) is 7.80. The van der Waals surface area contributed by atoms with Crippen molar-refractivity contribution in [3.63, 3.8) is 0 Å². The van der Waals surface area contributed by atoms with E-state index in [0.29, 0.717) is 6.10 Å². The van der Waals surface area contributed by atoms with Gasteiger partial charge in [-0.3, -0.25) is 4.68 Å². The van der Waals surface area contributed by atoms with Crippen molar-refractivity contribution < 1.29 is 4.74 Å². The third-order valence-corrected chi connectivity index (χ3v) is 4.46. The molecule has 0 radical (unpaired) electrons. The Labute approximate surface area is 127 Å². The molecule has 0 spiro atoms. The first-order valence-electron chi connectivity index (χ1n) is 6.72. The number of benzene rings is 1. The van der Waals surface area contributed by atoms with Crippen molar-refractivity contribution in [3.8, 4) is 11.1 Å². The molecule has 0 bridgehead atoms. The van der Waals surface area contributed by atoms with Crippen LogP contribution in [-0.2, 0) is 11.3 Å². The van der Waals surface area contributed by atoms with Crippen LogP contribution in [0, 0.1) is 3.57 Å².